The number of carbonyl (C=O) groups excluding carboxylic acids is 1. The van der Waals surface area contributed by atoms with E-state index in [1.807, 2.05) is 0 Å². The maximum Gasteiger partial charge on any atom is 0.306 e. The Labute approximate surface area is 129 Å². The van der Waals surface area contributed by atoms with Gasteiger partial charge in [-0.2, -0.15) is 4.39 Å². The zero-order valence-corrected chi connectivity index (χ0v) is 12.2. The number of benzene rings is 1. The number of nitro benzene ring substituents is 1. The minimum absolute atomic E-state index is 0.152. The highest BCUT2D eigenvalue weighted by molar-refractivity contribution is 8.00. The van der Waals surface area contributed by atoms with Crippen LogP contribution < -0.4 is 5.32 Å². The molecule has 114 valence electrons. The average Bonchev–Trinajstić information content (AvgIpc) is 2.49. The van der Waals surface area contributed by atoms with Crippen molar-refractivity contribution in [2.24, 2.45) is 0 Å². The lowest BCUT2D eigenvalue weighted by atomic mass is 10.2. The SMILES string of the molecule is C[C@@H](Sc1ncccn1)C(=O)Nc1ccc(F)c([N+](=O)[O-])c1. The van der Waals surface area contributed by atoms with Crippen molar-refractivity contribution < 1.29 is 14.1 Å². The van der Waals surface area contributed by atoms with Gasteiger partial charge in [-0.1, -0.05) is 11.8 Å². The Morgan fingerprint density at radius 1 is 1.41 bits per heavy atom. The molecule has 1 aromatic carbocycles. The number of thioether (sulfide) groups is 1. The predicted octanol–water partition coefficient (Wildman–Crippen LogP) is 2.64. The second-order valence-electron chi connectivity index (χ2n) is 4.20. The number of nitrogens with zero attached hydrogens (tertiary/aromatic N) is 3. The van der Waals surface area contributed by atoms with Crippen molar-refractivity contribution in [3.8, 4) is 0 Å². The summed E-state index contributed by atoms with van der Waals surface area (Å²) in [4.78, 5) is 29.8. The Morgan fingerprint density at radius 2 is 2.09 bits per heavy atom. The van der Waals surface area contributed by atoms with Crippen molar-refractivity contribution >= 4 is 29.0 Å². The number of carbonyl (C=O) groups is 1. The quantitative estimate of drug-likeness (QED) is 0.393. The first-order chi connectivity index (χ1) is 10.5. The van der Waals surface area contributed by atoms with Gasteiger partial charge in [-0.05, 0) is 25.1 Å². The fraction of sp³-hybridized carbons (Fsp3) is 0.154. The van der Waals surface area contributed by atoms with Gasteiger partial charge in [-0.25, -0.2) is 9.97 Å². The number of hydrogen-bond donors (Lipinski definition) is 1. The molecule has 0 saturated carbocycles. The van der Waals surface area contributed by atoms with Crippen LogP contribution in [0.3, 0.4) is 0 Å². The van der Waals surface area contributed by atoms with E-state index in [1.165, 1.54) is 6.07 Å². The van der Waals surface area contributed by atoms with Crippen LogP contribution in [-0.4, -0.2) is 26.0 Å². The lowest BCUT2D eigenvalue weighted by Crippen LogP contribution is -2.22. The Balaban J connectivity index is 2.05. The molecule has 1 aromatic heterocycles. The molecule has 1 heterocycles. The average molecular weight is 322 g/mol. The molecule has 2 rings (SSSR count). The molecule has 0 aliphatic carbocycles. The number of rotatable bonds is 5. The number of anilines is 1. The molecule has 1 amide bonds. The van der Waals surface area contributed by atoms with Crippen LogP contribution in [0.4, 0.5) is 15.8 Å². The van der Waals surface area contributed by atoms with E-state index in [0.29, 0.717) is 5.16 Å². The maximum absolute atomic E-state index is 13.2. The highest BCUT2D eigenvalue weighted by Crippen LogP contribution is 2.23. The largest absolute Gasteiger partial charge is 0.325 e. The summed E-state index contributed by atoms with van der Waals surface area (Å²) in [6.45, 7) is 1.65. The number of halogens is 1. The van der Waals surface area contributed by atoms with Gasteiger partial charge in [-0.3, -0.25) is 14.9 Å². The zero-order chi connectivity index (χ0) is 16.1. The topological polar surface area (TPSA) is 98.0 Å². The molecule has 0 aliphatic heterocycles. The molecule has 1 N–H and O–H groups in total. The zero-order valence-electron chi connectivity index (χ0n) is 11.4. The molecule has 2 aromatic rings. The van der Waals surface area contributed by atoms with Gasteiger partial charge >= 0.3 is 5.69 Å². The van der Waals surface area contributed by atoms with Gasteiger partial charge in [0.05, 0.1) is 10.2 Å². The van der Waals surface area contributed by atoms with E-state index in [2.05, 4.69) is 15.3 Å². The van der Waals surface area contributed by atoms with Crippen LogP contribution in [0.5, 0.6) is 0 Å². The van der Waals surface area contributed by atoms with Crippen LogP contribution >= 0.6 is 11.8 Å². The summed E-state index contributed by atoms with van der Waals surface area (Å²) in [7, 11) is 0. The molecule has 0 radical (unpaired) electrons. The minimum atomic E-state index is -0.955. The van der Waals surface area contributed by atoms with E-state index in [9.17, 15) is 19.3 Å². The van der Waals surface area contributed by atoms with Crippen LogP contribution in [0.25, 0.3) is 0 Å². The second-order valence-corrected chi connectivity index (χ2v) is 5.51. The lowest BCUT2D eigenvalue weighted by molar-refractivity contribution is -0.387. The Hall–Kier alpha value is -2.55. The van der Waals surface area contributed by atoms with E-state index in [4.69, 9.17) is 0 Å². The molecular formula is C13H11FN4O3S. The van der Waals surface area contributed by atoms with Crippen LogP contribution in [0.1, 0.15) is 6.92 Å². The molecular weight excluding hydrogens is 311 g/mol. The molecule has 1 atom stereocenters. The van der Waals surface area contributed by atoms with E-state index in [0.717, 1.165) is 23.9 Å². The van der Waals surface area contributed by atoms with Crippen LogP contribution in [0.2, 0.25) is 0 Å². The number of nitro groups is 1. The van der Waals surface area contributed by atoms with Crippen molar-refractivity contribution in [3.63, 3.8) is 0 Å². The third-order valence-electron chi connectivity index (χ3n) is 2.60. The monoisotopic (exact) mass is 322 g/mol. The van der Waals surface area contributed by atoms with E-state index < -0.39 is 27.6 Å². The maximum atomic E-state index is 13.2. The molecule has 0 bridgehead atoms. The molecule has 0 spiro atoms. The number of aromatic nitrogens is 2. The summed E-state index contributed by atoms with van der Waals surface area (Å²) in [6, 6.07) is 4.83. The molecule has 0 saturated heterocycles. The van der Waals surface area contributed by atoms with Gasteiger partial charge in [0.1, 0.15) is 0 Å². The fourth-order valence-electron chi connectivity index (χ4n) is 1.53. The van der Waals surface area contributed by atoms with Gasteiger partial charge in [0.25, 0.3) is 0 Å². The summed E-state index contributed by atoms with van der Waals surface area (Å²) >= 11 is 1.14. The summed E-state index contributed by atoms with van der Waals surface area (Å²) in [6.07, 6.45) is 3.12. The summed E-state index contributed by atoms with van der Waals surface area (Å²) in [5.74, 6) is -1.35. The van der Waals surface area contributed by atoms with Gasteiger partial charge in [0.15, 0.2) is 5.16 Å². The van der Waals surface area contributed by atoms with Crippen LogP contribution in [0.15, 0.2) is 41.8 Å². The van der Waals surface area contributed by atoms with Crippen molar-refractivity contribution in [1.29, 1.82) is 0 Å². The van der Waals surface area contributed by atoms with Gasteiger partial charge in [0, 0.05) is 24.1 Å². The number of hydrogen-bond acceptors (Lipinski definition) is 6. The summed E-state index contributed by atoms with van der Waals surface area (Å²) < 4.78 is 13.2. The fourth-order valence-corrected chi connectivity index (χ4v) is 2.26. The smallest absolute Gasteiger partial charge is 0.306 e. The molecule has 0 fully saturated rings. The van der Waals surface area contributed by atoms with Crippen molar-refractivity contribution in [3.05, 3.63) is 52.6 Å². The Kier molecular flexibility index (Phi) is 4.99. The molecule has 0 aliphatic rings. The number of amides is 1. The highest BCUT2D eigenvalue weighted by atomic mass is 32.2. The molecule has 0 unspecified atom stereocenters. The summed E-state index contributed by atoms with van der Waals surface area (Å²) in [5.41, 5.74) is -0.538. The number of nitrogens with one attached hydrogen (secondary N) is 1. The third-order valence-corrected chi connectivity index (χ3v) is 3.59. The normalized spacial score (nSPS) is 11.7. The predicted molar refractivity (Wildman–Crippen MR) is 79.0 cm³/mol. The van der Waals surface area contributed by atoms with Crippen LogP contribution in [-0.2, 0) is 4.79 Å². The van der Waals surface area contributed by atoms with Crippen molar-refractivity contribution in [2.75, 3.05) is 5.32 Å². The second kappa shape index (κ2) is 6.94. The lowest BCUT2D eigenvalue weighted by Gasteiger charge is -2.10. The Bertz CT molecular complexity index is 699. The molecule has 22 heavy (non-hydrogen) atoms. The van der Waals surface area contributed by atoms with E-state index in [-0.39, 0.29) is 5.69 Å². The third kappa shape index (κ3) is 3.98. The first-order valence-corrected chi connectivity index (χ1v) is 7.04. The molecule has 9 heteroatoms. The standard InChI is InChI=1S/C13H11FN4O3S/c1-8(22-13-15-5-2-6-16-13)12(19)17-9-3-4-10(14)11(7-9)18(20)21/h2-8H,1H3,(H,17,19)/t8-/m1/s1. The van der Waals surface area contributed by atoms with Crippen LogP contribution in [0, 0.1) is 15.9 Å². The molecule has 7 nitrogen and oxygen atoms in total. The Morgan fingerprint density at radius 3 is 2.73 bits per heavy atom. The van der Waals surface area contributed by atoms with Crippen molar-refractivity contribution in [1.82, 2.24) is 9.97 Å². The highest BCUT2D eigenvalue weighted by Gasteiger charge is 2.19. The first-order valence-electron chi connectivity index (χ1n) is 6.16. The van der Waals surface area contributed by atoms with Gasteiger partial charge < -0.3 is 5.32 Å². The first kappa shape index (κ1) is 15.8. The summed E-state index contributed by atoms with van der Waals surface area (Å²) in [5, 5.41) is 13.1. The van der Waals surface area contributed by atoms with Gasteiger partial charge in [0.2, 0.25) is 11.7 Å². The van der Waals surface area contributed by atoms with E-state index >= 15 is 0 Å². The minimum Gasteiger partial charge on any atom is -0.325 e. The van der Waals surface area contributed by atoms with Gasteiger partial charge in [-0.15, -0.1) is 0 Å². The van der Waals surface area contributed by atoms with Crippen molar-refractivity contribution in [2.45, 2.75) is 17.3 Å². The van der Waals surface area contributed by atoms with E-state index in [1.54, 1.807) is 25.4 Å².